The number of aromatic nitrogens is 2. The number of rotatable bonds is 3. The number of ether oxygens (including phenoxy) is 3. The van der Waals surface area contributed by atoms with Crippen LogP contribution in [-0.4, -0.2) is 35.1 Å². The first-order valence-corrected chi connectivity index (χ1v) is 7.05. The van der Waals surface area contributed by atoms with Crippen LogP contribution in [0.4, 0.5) is 0 Å². The lowest BCUT2D eigenvalue weighted by Gasteiger charge is -2.34. The van der Waals surface area contributed by atoms with Crippen molar-refractivity contribution in [3.8, 4) is 6.01 Å². The van der Waals surface area contributed by atoms with E-state index < -0.39 is 0 Å². The average molecular weight is 264 g/mol. The largest absolute Gasteiger partial charge is 0.460 e. The van der Waals surface area contributed by atoms with E-state index in [2.05, 4.69) is 16.9 Å². The summed E-state index contributed by atoms with van der Waals surface area (Å²) in [5.41, 5.74) is 1.13. The Morgan fingerprint density at radius 2 is 1.84 bits per heavy atom. The molecule has 1 aromatic heterocycles. The molecule has 1 aliphatic carbocycles. The lowest BCUT2D eigenvalue weighted by molar-refractivity contribution is -0.186. The van der Waals surface area contributed by atoms with E-state index in [-0.39, 0.29) is 11.9 Å². The SMILES string of the molecule is CCc1cnc(OC2CCC3(CC2)OCCO3)nc1. The van der Waals surface area contributed by atoms with E-state index >= 15 is 0 Å². The van der Waals surface area contributed by atoms with E-state index in [9.17, 15) is 0 Å². The van der Waals surface area contributed by atoms with Crippen molar-refractivity contribution in [3.05, 3.63) is 18.0 Å². The van der Waals surface area contributed by atoms with Gasteiger partial charge in [-0.15, -0.1) is 0 Å². The lowest BCUT2D eigenvalue weighted by atomic mass is 9.92. The first-order chi connectivity index (χ1) is 9.30. The number of aryl methyl sites for hydroxylation is 1. The standard InChI is InChI=1S/C14H20N2O3/c1-2-11-9-15-13(16-10-11)19-12-3-5-14(6-4-12)17-7-8-18-14/h9-10,12H,2-8H2,1H3. The molecule has 0 aromatic carbocycles. The Morgan fingerprint density at radius 1 is 1.21 bits per heavy atom. The van der Waals surface area contributed by atoms with Gasteiger partial charge in [0.1, 0.15) is 6.10 Å². The summed E-state index contributed by atoms with van der Waals surface area (Å²) in [5, 5.41) is 0. The Bertz CT molecular complexity index is 405. The Morgan fingerprint density at radius 3 is 2.42 bits per heavy atom. The van der Waals surface area contributed by atoms with Crippen molar-refractivity contribution in [2.45, 2.75) is 50.9 Å². The van der Waals surface area contributed by atoms with Crippen LogP contribution in [0.1, 0.15) is 38.2 Å². The first kappa shape index (κ1) is 12.8. The zero-order chi connectivity index (χ0) is 13.1. The van der Waals surface area contributed by atoms with Gasteiger partial charge in [0.15, 0.2) is 5.79 Å². The normalized spacial score (nSPS) is 22.8. The minimum absolute atomic E-state index is 0.172. The third kappa shape index (κ3) is 2.87. The van der Waals surface area contributed by atoms with Gasteiger partial charge in [0.25, 0.3) is 0 Å². The summed E-state index contributed by atoms with van der Waals surface area (Å²) in [6, 6.07) is 0.478. The topological polar surface area (TPSA) is 53.5 Å². The van der Waals surface area contributed by atoms with Crippen molar-refractivity contribution in [3.63, 3.8) is 0 Å². The fraction of sp³-hybridized carbons (Fsp3) is 0.714. The molecule has 0 bridgehead atoms. The maximum absolute atomic E-state index is 5.82. The highest BCUT2D eigenvalue weighted by Crippen LogP contribution is 2.36. The summed E-state index contributed by atoms with van der Waals surface area (Å²) in [7, 11) is 0. The molecule has 1 saturated carbocycles. The maximum Gasteiger partial charge on any atom is 0.316 e. The van der Waals surface area contributed by atoms with Gasteiger partial charge in [-0.1, -0.05) is 6.92 Å². The van der Waals surface area contributed by atoms with Crippen molar-refractivity contribution in [1.29, 1.82) is 0 Å². The summed E-state index contributed by atoms with van der Waals surface area (Å²) in [6.45, 7) is 3.52. The molecule has 0 radical (unpaired) electrons. The second-order valence-corrected chi connectivity index (χ2v) is 5.15. The van der Waals surface area contributed by atoms with Crippen LogP contribution >= 0.6 is 0 Å². The number of hydrogen-bond acceptors (Lipinski definition) is 5. The minimum atomic E-state index is -0.327. The van der Waals surface area contributed by atoms with Crippen molar-refractivity contribution in [1.82, 2.24) is 9.97 Å². The zero-order valence-corrected chi connectivity index (χ0v) is 11.3. The van der Waals surface area contributed by atoms with Gasteiger partial charge in [-0.2, -0.15) is 0 Å². The first-order valence-electron chi connectivity index (χ1n) is 7.05. The van der Waals surface area contributed by atoms with E-state index in [1.54, 1.807) is 0 Å². The molecule has 3 rings (SSSR count). The molecule has 2 fully saturated rings. The van der Waals surface area contributed by atoms with E-state index in [1.165, 1.54) is 0 Å². The molecular formula is C14H20N2O3. The van der Waals surface area contributed by atoms with Gasteiger partial charge in [-0.25, -0.2) is 9.97 Å². The van der Waals surface area contributed by atoms with Crippen molar-refractivity contribution >= 4 is 0 Å². The molecule has 2 aliphatic rings. The third-order valence-corrected chi connectivity index (χ3v) is 3.87. The van der Waals surface area contributed by atoms with Crippen LogP contribution in [0.15, 0.2) is 12.4 Å². The molecule has 104 valence electrons. The predicted octanol–water partition coefficient (Wildman–Crippen LogP) is 2.10. The summed E-state index contributed by atoms with van der Waals surface area (Å²) >= 11 is 0. The fourth-order valence-electron chi connectivity index (χ4n) is 2.67. The summed E-state index contributed by atoms with van der Waals surface area (Å²) in [5.74, 6) is -0.327. The van der Waals surface area contributed by atoms with Crippen LogP contribution in [0.25, 0.3) is 0 Å². The molecule has 1 aliphatic heterocycles. The average Bonchev–Trinajstić information content (AvgIpc) is 2.91. The molecule has 0 N–H and O–H groups in total. The van der Waals surface area contributed by atoms with Crippen molar-refractivity contribution in [2.24, 2.45) is 0 Å². The molecule has 0 atom stereocenters. The van der Waals surface area contributed by atoms with Crippen LogP contribution in [0.5, 0.6) is 6.01 Å². The minimum Gasteiger partial charge on any atom is -0.460 e. The molecule has 0 unspecified atom stereocenters. The van der Waals surface area contributed by atoms with Gasteiger partial charge in [0.05, 0.1) is 13.2 Å². The van der Waals surface area contributed by atoms with Gasteiger partial charge < -0.3 is 14.2 Å². The van der Waals surface area contributed by atoms with Gasteiger partial charge in [0, 0.05) is 25.2 Å². The van der Waals surface area contributed by atoms with Gasteiger partial charge in [-0.05, 0) is 24.8 Å². The van der Waals surface area contributed by atoms with Gasteiger partial charge in [0.2, 0.25) is 0 Å². The van der Waals surface area contributed by atoms with E-state index in [4.69, 9.17) is 14.2 Å². The van der Waals surface area contributed by atoms with Crippen molar-refractivity contribution in [2.75, 3.05) is 13.2 Å². The molecule has 19 heavy (non-hydrogen) atoms. The predicted molar refractivity (Wildman–Crippen MR) is 68.9 cm³/mol. The molecular weight excluding hydrogens is 244 g/mol. The van der Waals surface area contributed by atoms with Crippen LogP contribution in [0, 0.1) is 0 Å². The highest BCUT2D eigenvalue weighted by Gasteiger charge is 2.41. The Balaban J connectivity index is 1.53. The second-order valence-electron chi connectivity index (χ2n) is 5.15. The molecule has 5 heteroatoms. The highest BCUT2D eigenvalue weighted by molar-refractivity contribution is 5.07. The summed E-state index contributed by atoms with van der Waals surface area (Å²) in [4.78, 5) is 8.47. The second kappa shape index (κ2) is 5.43. The molecule has 5 nitrogen and oxygen atoms in total. The monoisotopic (exact) mass is 264 g/mol. The van der Waals surface area contributed by atoms with E-state index in [1.807, 2.05) is 12.4 Å². The van der Waals surface area contributed by atoms with Gasteiger partial charge >= 0.3 is 6.01 Å². The number of hydrogen-bond donors (Lipinski definition) is 0. The molecule has 2 heterocycles. The van der Waals surface area contributed by atoms with E-state index in [0.29, 0.717) is 19.2 Å². The number of nitrogens with zero attached hydrogens (tertiary/aromatic N) is 2. The van der Waals surface area contributed by atoms with Crippen LogP contribution in [0.2, 0.25) is 0 Å². The van der Waals surface area contributed by atoms with Crippen LogP contribution in [-0.2, 0) is 15.9 Å². The van der Waals surface area contributed by atoms with Gasteiger partial charge in [-0.3, -0.25) is 0 Å². The quantitative estimate of drug-likeness (QED) is 0.837. The van der Waals surface area contributed by atoms with Crippen LogP contribution in [0.3, 0.4) is 0 Å². The lowest BCUT2D eigenvalue weighted by Crippen LogP contribution is -2.38. The van der Waals surface area contributed by atoms with Crippen LogP contribution < -0.4 is 4.74 Å². The molecule has 0 amide bonds. The molecule has 1 aromatic rings. The summed E-state index contributed by atoms with van der Waals surface area (Å²) in [6.07, 6.45) is 8.42. The Labute approximate surface area is 113 Å². The highest BCUT2D eigenvalue weighted by atomic mass is 16.7. The zero-order valence-electron chi connectivity index (χ0n) is 11.3. The fourth-order valence-corrected chi connectivity index (χ4v) is 2.67. The van der Waals surface area contributed by atoms with E-state index in [0.717, 1.165) is 37.7 Å². The molecule has 1 spiro atoms. The Kier molecular flexibility index (Phi) is 3.66. The van der Waals surface area contributed by atoms with Crippen molar-refractivity contribution < 1.29 is 14.2 Å². The smallest absolute Gasteiger partial charge is 0.316 e. The summed E-state index contributed by atoms with van der Waals surface area (Å²) < 4.78 is 17.2. The molecule has 1 saturated heterocycles. The maximum atomic E-state index is 5.82. The third-order valence-electron chi connectivity index (χ3n) is 3.87. The Hall–Kier alpha value is -1.20.